The van der Waals surface area contributed by atoms with Gasteiger partial charge in [-0.25, -0.2) is 0 Å². The van der Waals surface area contributed by atoms with E-state index in [9.17, 15) is 0 Å². The van der Waals surface area contributed by atoms with E-state index in [1.54, 1.807) is 0 Å². The van der Waals surface area contributed by atoms with Gasteiger partial charge in [-0.15, -0.1) is 0 Å². The zero-order chi connectivity index (χ0) is 11.0. The molecule has 0 bridgehead atoms. The van der Waals surface area contributed by atoms with Crippen molar-refractivity contribution in [2.75, 3.05) is 0 Å². The van der Waals surface area contributed by atoms with Crippen LogP contribution in [0.15, 0.2) is 0 Å². The molecular formula is CH21AlMgO9Si3. The lowest BCUT2D eigenvalue weighted by atomic mass is 11.9. The summed E-state index contributed by atoms with van der Waals surface area (Å²) < 4.78 is 0. The second-order valence-corrected chi connectivity index (χ2v) is 3.60. The van der Waals surface area contributed by atoms with Gasteiger partial charge in [-0.1, -0.05) is 6.55 Å². The summed E-state index contributed by atoms with van der Waals surface area (Å²) in [6.07, 6.45) is 0. The quantitative estimate of drug-likeness (QED) is 0.202. The van der Waals surface area contributed by atoms with Crippen molar-refractivity contribution in [1.82, 2.24) is 0 Å². The van der Waals surface area contributed by atoms with Crippen molar-refractivity contribution in [3.05, 3.63) is 0 Å². The fourth-order valence-corrected chi connectivity index (χ4v) is 0. The molecule has 0 aliphatic carbocycles. The number of rotatable bonds is 0. The highest BCUT2D eigenvalue weighted by molar-refractivity contribution is 6.47. The van der Waals surface area contributed by atoms with Gasteiger partial charge < -0.3 is 43.8 Å². The molecule has 15 heavy (non-hydrogen) atoms. The topological polar surface area (TPSA) is 193 Å². The fraction of sp³-hybridized carbons (Fsp3) is 1.00. The summed E-state index contributed by atoms with van der Waals surface area (Å²) in [7, 11) is -7.92. The van der Waals surface area contributed by atoms with Crippen molar-refractivity contribution in [3.8, 4) is 0 Å². The Morgan fingerprint density at radius 3 is 0.667 bits per heavy atom. The second kappa shape index (κ2) is 18.0. The van der Waals surface area contributed by atoms with Crippen LogP contribution in [0.1, 0.15) is 0 Å². The largest absolute Gasteiger partial charge is 0.668 e. The van der Waals surface area contributed by atoms with Crippen LogP contribution in [0.2, 0.25) is 6.55 Å². The molecule has 0 spiro atoms. The maximum Gasteiger partial charge on any atom is 0.668 e. The zero-order valence-corrected chi connectivity index (χ0v) is 11.1. The molecule has 0 amide bonds. The smallest absolute Gasteiger partial charge is 0.412 e. The van der Waals surface area contributed by atoms with Crippen molar-refractivity contribution < 1.29 is 43.8 Å². The second-order valence-electron chi connectivity index (χ2n) is 1.20. The van der Waals surface area contributed by atoms with Crippen LogP contribution in [0, 0.1) is 0 Å². The summed E-state index contributed by atoms with van der Waals surface area (Å²) in [5.41, 5.74) is 0. The Bertz CT molecular complexity index is 68.3. The van der Waals surface area contributed by atoms with Crippen LogP contribution in [-0.2, 0) is 0 Å². The zero-order valence-electron chi connectivity index (χ0n) is 7.08. The minimum atomic E-state index is -4.61. The standard InChI is InChI=1S/CH6Si.Al.Mg.2H4O4Si.H2O.5H/c1-2;;;2*1-5(2,3)4;;;;;;/h1-2H3;;;2*1-4H;1H2;;;;;. The van der Waals surface area contributed by atoms with E-state index in [2.05, 4.69) is 6.55 Å². The van der Waals surface area contributed by atoms with Crippen LogP contribution in [0.25, 0.3) is 0 Å². The van der Waals surface area contributed by atoms with Gasteiger partial charge in [0.05, 0.1) is 0 Å². The first kappa shape index (κ1) is 36.0. The molecule has 0 rings (SSSR count). The summed E-state index contributed by atoms with van der Waals surface area (Å²) in [4.78, 5) is 58.6. The maximum atomic E-state index is 7.33. The Morgan fingerprint density at radius 2 is 0.667 bits per heavy atom. The predicted molar refractivity (Wildman–Crippen MR) is 67.2 cm³/mol. The highest BCUT2D eigenvalue weighted by Crippen LogP contribution is 1.67. The lowest BCUT2D eigenvalue weighted by Crippen LogP contribution is -2.33. The van der Waals surface area contributed by atoms with Crippen molar-refractivity contribution in [2.24, 2.45) is 0 Å². The average molecular weight is 313 g/mol. The molecule has 0 aliphatic rings. The third-order valence-corrected chi connectivity index (χ3v) is 0. The Labute approximate surface area is 119 Å². The molecule has 0 aliphatic heterocycles. The molecule has 10 N–H and O–H groups in total. The van der Waals surface area contributed by atoms with E-state index < -0.39 is 18.1 Å². The molecule has 0 radical (unpaired) electrons. The summed E-state index contributed by atoms with van der Waals surface area (Å²) in [5, 5.41) is 0. The SMILES string of the molecule is C[SiH3].O.O[Si](O)(O)O.O[Si](O)(O)O.[AlH3].[MgH2]. The molecule has 0 aromatic rings. The molecule has 96 valence electrons. The molecule has 9 nitrogen and oxygen atoms in total. The average Bonchev–Trinajstić information content (AvgIpc) is 1.59. The predicted octanol–water partition coefficient (Wildman–Crippen LogP) is -8.74. The number of hydrogen-bond acceptors (Lipinski definition) is 8. The van der Waals surface area contributed by atoms with Gasteiger partial charge in [0.15, 0.2) is 17.4 Å². The molecule has 0 heterocycles. The Hall–Kier alpha value is 1.59. The van der Waals surface area contributed by atoms with Gasteiger partial charge in [0.25, 0.3) is 0 Å². The van der Waals surface area contributed by atoms with Gasteiger partial charge in [0.1, 0.15) is 0 Å². The van der Waals surface area contributed by atoms with Gasteiger partial charge in [0, 0.05) is 0 Å². The van der Waals surface area contributed by atoms with Crippen LogP contribution in [0.3, 0.4) is 0 Å². The van der Waals surface area contributed by atoms with Crippen LogP contribution in [0.5, 0.6) is 0 Å². The lowest BCUT2D eigenvalue weighted by molar-refractivity contribution is 0.115. The molecule has 0 saturated carbocycles. The normalized spacial score (nSPS) is 8.60. The van der Waals surface area contributed by atoms with Crippen LogP contribution in [-0.4, -0.2) is 113 Å². The summed E-state index contributed by atoms with van der Waals surface area (Å²) in [5.74, 6) is 0. The van der Waals surface area contributed by atoms with Gasteiger partial charge in [-0.05, 0) is 10.2 Å². The fourth-order valence-electron chi connectivity index (χ4n) is 0. The minimum Gasteiger partial charge on any atom is -0.412 e. The van der Waals surface area contributed by atoms with Crippen LogP contribution >= 0.6 is 0 Å². The highest BCUT2D eigenvalue weighted by Gasteiger charge is 2.22. The van der Waals surface area contributed by atoms with E-state index in [4.69, 9.17) is 38.4 Å². The molecule has 0 saturated heterocycles. The van der Waals surface area contributed by atoms with E-state index in [1.165, 1.54) is 10.2 Å². The van der Waals surface area contributed by atoms with Crippen LogP contribution < -0.4 is 0 Å². The van der Waals surface area contributed by atoms with Gasteiger partial charge >= 0.3 is 41.1 Å². The Balaban J connectivity index is -0.0000000197. The van der Waals surface area contributed by atoms with Crippen molar-refractivity contribution in [1.29, 1.82) is 0 Å². The van der Waals surface area contributed by atoms with Crippen LogP contribution in [0.4, 0.5) is 0 Å². The van der Waals surface area contributed by atoms with Gasteiger partial charge in [-0.2, -0.15) is 0 Å². The third kappa shape index (κ3) is 1140. The lowest BCUT2D eigenvalue weighted by Gasteiger charge is -1.91. The molecule has 0 aromatic heterocycles. The van der Waals surface area contributed by atoms with E-state index >= 15 is 0 Å². The third-order valence-electron chi connectivity index (χ3n) is 0. The molecular weight excluding hydrogens is 292 g/mol. The Morgan fingerprint density at radius 1 is 0.667 bits per heavy atom. The molecule has 0 unspecified atom stereocenters. The van der Waals surface area contributed by atoms with E-state index in [1.807, 2.05) is 0 Å². The molecule has 0 aromatic carbocycles. The molecule has 14 heteroatoms. The van der Waals surface area contributed by atoms with Crippen molar-refractivity contribution in [3.63, 3.8) is 0 Å². The van der Waals surface area contributed by atoms with Gasteiger partial charge in [-0.3, -0.25) is 0 Å². The number of hydrogen-bond donors (Lipinski definition) is 8. The van der Waals surface area contributed by atoms with E-state index in [0.717, 1.165) is 0 Å². The first-order valence-electron chi connectivity index (χ1n) is 2.79. The maximum absolute atomic E-state index is 7.33. The monoisotopic (exact) mass is 312 g/mol. The van der Waals surface area contributed by atoms with Gasteiger partial charge in [0.2, 0.25) is 0 Å². The summed E-state index contributed by atoms with van der Waals surface area (Å²) in [6, 6.07) is 0. The highest BCUT2D eigenvalue weighted by atomic mass is 28.4. The summed E-state index contributed by atoms with van der Waals surface area (Å²) >= 11 is 0. The Kier molecular flexibility index (Phi) is 43.1. The van der Waals surface area contributed by atoms with E-state index in [0.29, 0.717) is 0 Å². The first-order chi connectivity index (χ1) is 5.00. The molecule has 0 fully saturated rings. The minimum absolute atomic E-state index is 0. The summed E-state index contributed by atoms with van der Waals surface area (Å²) in [6.45, 7) is 2.14. The van der Waals surface area contributed by atoms with Crippen molar-refractivity contribution >= 4 is 68.8 Å². The van der Waals surface area contributed by atoms with E-state index in [-0.39, 0.29) is 45.9 Å². The first-order valence-corrected chi connectivity index (χ1v) is 8.37. The molecule has 0 atom stereocenters. The van der Waals surface area contributed by atoms with Crippen molar-refractivity contribution in [2.45, 2.75) is 6.55 Å².